The second-order valence-corrected chi connectivity index (χ2v) is 4.90. The Morgan fingerprint density at radius 3 is 2.67 bits per heavy atom. The second kappa shape index (κ2) is 4.14. The number of hydrogen-bond donors (Lipinski definition) is 0. The molecule has 3 rings (SSSR count). The zero-order chi connectivity index (χ0) is 12.7. The zero-order valence-electron chi connectivity index (χ0n) is 10.3. The van der Waals surface area contributed by atoms with E-state index < -0.39 is 0 Å². The van der Waals surface area contributed by atoms with Crippen LogP contribution in [0.1, 0.15) is 11.3 Å². The summed E-state index contributed by atoms with van der Waals surface area (Å²) in [7, 11) is 0. The monoisotopic (exact) mass is 256 g/mol. The van der Waals surface area contributed by atoms with Crippen molar-refractivity contribution in [3.05, 3.63) is 58.9 Å². The van der Waals surface area contributed by atoms with E-state index in [2.05, 4.69) is 35.4 Å². The minimum atomic E-state index is 0.749. The molecule has 0 atom stereocenters. The van der Waals surface area contributed by atoms with Crippen molar-refractivity contribution in [2.24, 2.45) is 0 Å². The lowest BCUT2D eigenvalue weighted by atomic mass is 10.1. The Bertz CT molecular complexity index is 728. The first-order valence-corrected chi connectivity index (χ1v) is 6.24. The number of pyridine rings is 1. The Labute approximate surface area is 111 Å². The summed E-state index contributed by atoms with van der Waals surface area (Å²) in [5.74, 6) is 0. The molecule has 90 valence electrons. The molecular formula is C15H13ClN2. The fourth-order valence-corrected chi connectivity index (χ4v) is 2.57. The first-order chi connectivity index (χ1) is 8.66. The van der Waals surface area contributed by atoms with Gasteiger partial charge in [0.15, 0.2) is 0 Å². The van der Waals surface area contributed by atoms with Gasteiger partial charge in [0.1, 0.15) is 5.65 Å². The van der Waals surface area contributed by atoms with Crippen molar-refractivity contribution in [1.82, 2.24) is 9.38 Å². The van der Waals surface area contributed by atoms with E-state index in [4.69, 9.17) is 11.6 Å². The van der Waals surface area contributed by atoms with Crippen LogP contribution >= 0.6 is 11.6 Å². The minimum Gasteiger partial charge on any atom is -0.297 e. The first-order valence-electron chi connectivity index (χ1n) is 5.86. The van der Waals surface area contributed by atoms with Crippen LogP contribution in [-0.2, 0) is 0 Å². The van der Waals surface area contributed by atoms with Gasteiger partial charge in [-0.25, -0.2) is 4.98 Å². The molecule has 0 aliphatic rings. The average molecular weight is 257 g/mol. The molecular weight excluding hydrogens is 244 g/mol. The average Bonchev–Trinajstić information content (AvgIpc) is 2.73. The van der Waals surface area contributed by atoms with Crippen LogP contribution in [0.4, 0.5) is 0 Å². The highest BCUT2D eigenvalue weighted by molar-refractivity contribution is 6.33. The van der Waals surface area contributed by atoms with Crippen LogP contribution in [0.3, 0.4) is 0 Å². The topological polar surface area (TPSA) is 17.3 Å². The summed E-state index contributed by atoms with van der Waals surface area (Å²) >= 11 is 6.26. The van der Waals surface area contributed by atoms with Gasteiger partial charge in [-0.15, -0.1) is 0 Å². The molecule has 0 saturated carbocycles. The van der Waals surface area contributed by atoms with Crippen LogP contribution in [-0.4, -0.2) is 9.38 Å². The van der Waals surface area contributed by atoms with Crippen molar-refractivity contribution in [3.8, 4) is 11.3 Å². The molecule has 2 aromatic heterocycles. The fraction of sp³-hybridized carbons (Fsp3) is 0.133. The number of halogens is 1. The van der Waals surface area contributed by atoms with Gasteiger partial charge in [-0.3, -0.25) is 4.40 Å². The predicted octanol–water partition coefficient (Wildman–Crippen LogP) is 4.27. The van der Waals surface area contributed by atoms with Crippen LogP contribution in [0.25, 0.3) is 16.9 Å². The molecule has 0 saturated heterocycles. The number of rotatable bonds is 1. The third-order valence-electron chi connectivity index (χ3n) is 3.08. The maximum absolute atomic E-state index is 6.26. The third-order valence-corrected chi connectivity index (χ3v) is 3.41. The summed E-state index contributed by atoms with van der Waals surface area (Å²) in [6.45, 7) is 4.17. The number of hydrogen-bond acceptors (Lipinski definition) is 1. The van der Waals surface area contributed by atoms with Crippen LogP contribution in [0.2, 0.25) is 5.02 Å². The molecule has 2 heterocycles. The van der Waals surface area contributed by atoms with Gasteiger partial charge < -0.3 is 0 Å². The van der Waals surface area contributed by atoms with Crippen molar-refractivity contribution < 1.29 is 0 Å². The molecule has 0 aliphatic carbocycles. The van der Waals surface area contributed by atoms with E-state index in [-0.39, 0.29) is 0 Å². The highest BCUT2D eigenvalue weighted by atomic mass is 35.5. The molecule has 0 unspecified atom stereocenters. The van der Waals surface area contributed by atoms with Crippen LogP contribution < -0.4 is 0 Å². The van der Waals surface area contributed by atoms with E-state index >= 15 is 0 Å². The Morgan fingerprint density at radius 1 is 1.11 bits per heavy atom. The predicted molar refractivity (Wildman–Crippen MR) is 75.1 cm³/mol. The molecule has 1 aromatic carbocycles. The van der Waals surface area contributed by atoms with E-state index in [1.54, 1.807) is 0 Å². The molecule has 0 spiro atoms. The summed E-state index contributed by atoms with van der Waals surface area (Å²) < 4.78 is 2.13. The van der Waals surface area contributed by atoms with Crippen molar-refractivity contribution >= 4 is 17.2 Å². The van der Waals surface area contributed by atoms with Gasteiger partial charge in [-0.1, -0.05) is 29.8 Å². The lowest BCUT2D eigenvalue weighted by molar-refractivity contribution is 1.09. The van der Waals surface area contributed by atoms with Gasteiger partial charge in [0.2, 0.25) is 0 Å². The van der Waals surface area contributed by atoms with Crippen molar-refractivity contribution in [3.63, 3.8) is 0 Å². The van der Waals surface area contributed by atoms with Crippen LogP contribution in [0.15, 0.2) is 42.6 Å². The van der Waals surface area contributed by atoms with Gasteiger partial charge in [0.05, 0.1) is 11.9 Å². The summed E-state index contributed by atoms with van der Waals surface area (Å²) in [5, 5.41) is 0.749. The molecule has 0 fully saturated rings. The molecule has 18 heavy (non-hydrogen) atoms. The second-order valence-electron chi connectivity index (χ2n) is 4.49. The Hall–Kier alpha value is -1.80. The molecule has 0 N–H and O–H groups in total. The maximum atomic E-state index is 6.26. The molecule has 0 bridgehead atoms. The van der Waals surface area contributed by atoms with Crippen molar-refractivity contribution in [2.75, 3.05) is 0 Å². The summed E-state index contributed by atoms with van der Waals surface area (Å²) in [6.07, 6.45) is 1.88. The molecule has 0 radical (unpaired) electrons. The van der Waals surface area contributed by atoms with Crippen molar-refractivity contribution in [1.29, 1.82) is 0 Å². The molecule has 0 aliphatic heterocycles. The first kappa shape index (κ1) is 11.3. The largest absolute Gasteiger partial charge is 0.297 e. The van der Waals surface area contributed by atoms with Gasteiger partial charge in [-0.05, 0) is 37.6 Å². The van der Waals surface area contributed by atoms with Gasteiger partial charge in [0.25, 0.3) is 0 Å². The van der Waals surface area contributed by atoms with E-state index in [1.165, 1.54) is 5.56 Å². The zero-order valence-corrected chi connectivity index (χ0v) is 11.1. The lowest BCUT2D eigenvalue weighted by Crippen LogP contribution is -1.95. The SMILES string of the molecule is Cc1cc(C)n2c(-c3ccccc3Cl)cnc2c1. The van der Waals surface area contributed by atoms with Crippen LogP contribution in [0.5, 0.6) is 0 Å². The molecule has 3 aromatic rings. The number of imidazole rings is 1. The van der Waals surface area contributed by atoms with Gasteiger partial charge >= 0.3 is 0 Å². The Morgan fingerprint density at radius 2 is 1.89 bits per heavy atom. The summed E-state index contributed by atoms with van der Waals surface area (Å²) in [6, 6.07) is 12.1. The van der Waals surface area contributed by atoms with Crippen molar-refractivity contribution in [2.45, 2.75) is 13.8 Å². The quantitative estimate of drug-likeness (QED) is 0.636. The molecule has 3 heteroatoms. The molecule has 0 amide bonds. The number of aromatic nitrogens is 2. The van der Waals surface area contributed by atoms with E-state index in [0.717, 1.165) is 27.6 Å². The standard InChI is InChI=1S/C15H13ClN2/c1-10-7-11(2)18-14(9-17-15(18)8-10)12-5-3-4-6-13(12)16/h3-9H,1-2H3. The number of nitrogens with zero attached hydrogens (tertiary/aromatic N) is 2. The minimum absolute atomic E-state index is 0.749. The lowest BCUT2D eigenvalue weighted by Gasteiger charge is -2.08. The number of benzene rings is 1. The van der Waals surface area contributed by atoms with Gasteiger partial charge in [-0.2, -0.15) is 0 Å². The summed E-state index contributed by atoms with van der Waals surface area (Å²) in [5.41, 5.74) is 5.39. The smallest absolute Gasteiger partial charge is 0.137 e. The highest BCUT2D eigenvalue weighted by Gasteiger charge is 2.10. The number of fused-ring (bicyclic) bond motifs is 1. The Balaban J connectivity index is 2.35. The fourth-order valence-electron chi connectivity index (χ4n) is 2.34. The van der Waals surface area contributed by atoms with E-state index in [0.29, 0.717) is 0 Å². The Kier molecular flexibility index (Phi) is 2.60. The summed E-state index contributed by atoms with van der Waals surface area (Å²) in [4.78, 5) is 4.46. The number of aryl methyl sites for hydroxylation is 2. The third kappa shape index (κ3) is 1.70. The maximum Gasteiger partial charge on any atom is 0.137 e. The van der Waals surface area contributed by atoms with E-state index in [9.17, 15) is 0 Å². The normalized spacial score (nSPS) is 11.1. The van der Waals surface area contributed by atoms with E-state index in [1.807, 2.05) is 30.5 Å². The molecule has 2 nitrogen and oxygen atoms in total. The van der Waals surface area contributed by atoms with Gasteiger partial charge in [0, 0.05) is 16.3 Å². The van der Waals surface area contributed by atoms with Crippen LogP contribution in [0, 0.1) is 13.8 Å². The highest BCUT2D eigenvalue weighted by Crippen LogP contribution is 2.29.